The minimum absolute atomic E-state index is 0.330. The highest BCUT2D eigenvalue weighted by atomic mass is 35.5. The highest BCUT2D eigenvalue weighted by Crippen LogP contribution is 2.18. The van der Waals surface area contributed by atoms with E-state index in [-0.39, 0.29) is 5.75 Å². The third-order valence-electron chi connectivity index (χ3n) is 2.25. The molecule has 0 unspecified atom stereocenters. The van der Waals surface area contributed by atoms with Crippen LogP contribution in [0.1, 0.15) is 19.4 Å². The van der Waals surface area contributed by atoms with Gasteiger partial charge in [-0.15, -0.1) is 0 Å². The van der Waals surface area contributed by atoms with Crippen molar-refractivity contribution in [2.24, 2.45) is 0 Å². The molecule has 18 heavy (non-hydrogen) atoms. The Hall–Kier alpha value is -1.11. The molecule has 0 aliphatic carbocycles. The van der Waals surface area contributed by atoms with Gasteiger partial charge in [0.25, 0.3) is 0 Å². The summed E-state index contributed by atoms with van der Waals surface area (Å²) in [5.41, 5.74) is -1.13. The molecule has 5 nitrogen and oxygen atoms in total. The predicted octanol–water partition coefficient (Wildman–Crippen LogP) is 1.62. The molecule has 1 rings (SSSR count). The van der Waals surface area contributed by atoms with Crippen LogP contribution in [0.15, 0.2) is 24.3 Å². The van der Waals surface area contributed by atoms with E-state index in [4.69, 9.17) is 16.7 Å². The van der Waals surface area contributed by atoms with Crippen molar-refractivity contribution in [1.29, 1.82) is 0 Å². The van der Waals surface area contributed by atoms with E-state index in [9.17, 15) is 13.2 Å². The molecule has 0 aromatic heterocycles. The molecule has 1 aromatic rings. The highest BCUT2D eigenvalue weighted by Gasteiger charge is 2.32. The lowest BCUT2D eigenvalue weighted by atomic mass is 10.1. The highest BCUT2D eigenvalue weighted by molar-refractivity contribution is 7.88. The van der Waals surface area contributed by atoms with E-state index in [2.05, 4.69) is 4.72 Å². The van der Waals surface area contributed by atoms with Crippen LogP contribution in [0.5, 0.6) is 0 Å². The average Bonchev–Trinajstić information content (AvgIpc) is 2.19. The molecule has 0 bridgehead atoms. The monoisotopic (exact) mass is 291 g/mol. The van der Waals surface area contributed by atoms with Crippen LogP contribution < -0.4 is 4.72 Å². The van der Waals surface area contributed by atoms with Gasteiger partial charge in [-0.3, -0.25) is 4.79 Å². The lowest BCUT2D eigenvalue weighted by Crippen LogP contribution is -2.49. The van der Waals surface area contributed by atoms with Crippen molar-refractivity contribution in [3.8, 4) is 0 Å². The molecule has 0 atom stereocenters. The first-order chi connectivity index (χ1) is 8.14. The molecule has 0 fully saturated rings. The zero-order valence-corrected chi connectivity index (χ0v) is 11.5. The number of hydrogen-bond acceptors (Lipinski definition) is 3. The summed E-state index contributed by atoms with van der Waals surface area (Å²) < 4.78 is 25.8. The summed E-state index contributed by atoms with van der Waals surface area (Å²) in [4.78, 5) is 10.9. The summed E-state index contributed by atoms with van der Waals surface area (Å²) in [6.45, 7) is 2.55. The van der Waals surface area contributed by atoms with Gasteiger partial charge in [-0.05, 0) is 25.5 Å². The lowest BCUT2D eigenvalue weighted by molar-refractivity contribution is -0.142. The first kappa shape index (κ1) is 14.9. The number of aliphatic carboxylic acids is 1. The second kappa shape index (κ2) is 5.26. The number of carboxylic acid groups (broad SMARTS) is 1. The number of benzene rings is 1. The summed E-state index contributed by atoms with van der Waals surface area (Å²) in [5.74, 6) is -1.60. The van der Waals surface area contributed by atoms with Crippen molar-refractivity contribution in [2.45, 2.75) is 25.1 Å². The zero-order valence-electron chi connectivity index (χ0n) is 9.97. The summed E-state index contributed by atoms with van der Waals surface area (Å²) in [7, 11) is -3.78. The Bertz CT molecular complexity index is 554. The third-order valence-corrected chi connectivity index (χ3v) is 4.13. The molecule has 0 aliphatic heterocycles. The van der Waals surface area contributed by atoms with E-state index in [0.29, 0.717) is 10.6 Å². The maximum atomic E-state index is 11.8. The molecule has 7 heteroatoms. The van der Waals surface area contributed by atoms with Crippen LogP contribution in [0.4, 0.5) is 0 Å². The molecule has 100 valence electrons. The van der Waals surface area contributed by atoms with Crippen LogP contribution in [0.3, 0.4) is 0 Å². The Labute approximate surface area is 111 Å². The molecular formula is C11H14ClNO4S. The third kappa shape index (κ3) is 3.97. The van der Waals surface area contributed by atoms with Crippen molar-refractivity contribution in [1.82, 2.24) is 4.72 Å². The Balaban J connectivity index is 2.91. The number of carbonyl (C=O) groups is 1. The van der Waals surface area contributed by atoms with Gasteiger partial charge in [0.1, 0.15) is 5.54 Å². The van der Waals surface area contributed by atoms with Gasteiger partial charge in [0.15, 0.2) is 0 Å². The Morgan fingerprint density at radius 3 is 2.44 bits per heavy atom. The fourth-order valence-corrected chi connectivity index (χ4v) is 3.17. The second-order valence-corrected chi connectivity index (χ2v) is 6.51. The van der Waals surface area contributed by atoms with E-state index in [1.165, 1.54) is 13.8 Å². The Morgan fingerprint density at radius 2 is 1.94 bits per heavy atom. The second-order valence-electron chi connectivity index (χ2n) is 4.38. The maximum Gasteiger partial charge on any atom is 0.324 e. The summed E-state index contributed by atoms with van der Waals surface area (Å²) in [5, 5.41) is 9.20. The Kier molecular flexibility index (Phi) is 4.37. The molecule has 0 spiro atoms. The van der Waals surface area contributed by atoms with Crippen LogP contribution >= 0.6 is 11.6 Å². The van der Waals surface area contributed by atoms with Gasteiger partial charge >= 0.3 is 5.97 Å². The SMILES string of the molecule is CC(C)(NS(=O)(=O)Cc1ccccc1Cl)C(=O)O. The fraction of sp³-hybridized carbons (Fsp3) is 0.364. The van der Waals surface area contributed by atoms with Crippen molar-refractivity contribution in [3.05, 3.63) is 34.9 Å². The summed E-state index contributed by atoms with van der Waals surface area (Å²) in [6.07, 6.45) is 0. The fourth-order valence-electron chi connectivity index (χ4n) is 1.29. The van der Waals surface area contributed by atoms with Crippen molar-refractivity contribution < 1.29 is 18.3 Å². The topological polar surface area (TPSA) is 83.5 Å². The molecule has 1 aromatic carbocycles. The van der Waals surface area contributed by atoms with E-state index < -0.39 is 21.5 Å². The van der Waals surface area contributed by atoms with Gasteiger partial charge in [0, 0.05) is 5.02 Å². The largest absolute Gasteiger partial charge is 0.480 e. The number of nitrogens with one attached hydrogen (secondary N) is 1. The zero-order chi connectivity index (χ0) is 14.0. The average molecular weight is 292 g/mol. The smallest absolute Gasteiger partial charge is 0.324 e. The van der Waals surface area contributed by atoms with Crippen LogP contribution in [-0.2, 0) is 20.6 Å². The molecule has 0 saturated carbocycles. The van der Waals surface area contributed by atoms with Crippen molar-refractivity contribution in [2.75, 3.05) is 0 Å². The first-order valence-electron chi connectivity index (χ1n) is 5.12. The normalized spacial score (nSPS) is 12.4. The molecule has 0 aliphatic rings. The Morgan fingerprint density at radius 1 is 1.39 bits per heavy atom. The number of carboxylic acids is 1. The number of hydrogen-bond donors (Lipinski definition) is 2. The standard InChI is InChI=1S/C11H14ClNO4S/c1-11(2,10(14)15)13-18(16,17)7-8-5-3-4-6-9(8)12/h3-6,13H,7H2,1-2H3,(H,14,15). The predicted molar refractivity (Wildman–Crippen MR) is 68.9 cm³/mol. The quantitative estimate of drug-likeness (QED) is 0.863. The van der Waals surface area contributed by atoms with Crippen molar-refractivity contribution >= 4 is 27.6 Å². The molecule has 0 radical (unpaired) electrons. The van der Waals surface area contributed by atoms with Gasteiger partial charge in [0.05, 0.1) is 5.75 Å². The molecule has 0 saturated heterocycles. The van der Waals surface area contributed by atoms with Gasteiger partial charge in [-0.2, -0.15) is 4.72 Å². The van der Waals surface area contributed by atoms with Crippen LogP contribution in [0.2, 0.25) is 5.02 Å². The summed E-state index contributed by atoms with van der Waals surface area (Å²) in [6, 6.07) is 6.51. The first-order valence-corrected chi connectivity index (χ1v) is 7.15. The van der Waals surface area contributed by atoms with Gasteiger partial charge in [-0.25, -0.2) is 8.42 Å². The van der Waals surface area contributed by atoms with Gasteiger partial charge in [0.2, 0.25) is 10.0 Å². The van der Waals surface area contributed by atoms with E-state index in [0.717, 1.165) is 0 Å². The van der Waals surface area contributed by atoms with E-state index in [1.807, 2.05) is 0 Å². The lowest BCUT2D eigenvalue weighted by Gasteiger charge is -2.20. The number of halogens is 1. The van der Waals surface area contributed by atoms with Crippen LogP contribution in [0.25, 0.3) is 0 Å². The molecular weight excluding hydrogens is 278 g/mol. The van der Waals surface area contributed by atoms with E-state index in [1.54, 1.807) is 24.3 Å². The van der Waals surface area contributed by atoms with Gasteiger partial charge < -0.3 is 5.11 Å². The van der Waals surface area contributed by atoms with Crippen LogP contribution in [0, 0.1) is 0 Å². The molecule has 0 heterocycles. The summed E-state index contributed by atoms with van der Waals surface area (Å²) >= 11 is 5.86. The minimum Gasteiger partial charge on any atom is -0.480 e. The molecule has 0 amide bonds. The van der Waals surface area contributed by atoms with Gasteiger partial charge in [-0.1, -0.05) is 29.8 Å². The maximum absolute atomic E-state index is 11.8. The molecule has 2 N–H and O–H groups in total. The number of rotatable bonds is 5. The number of sulfonamides is 1. The van der Waals surface area contributed by atoms with E-state index >= 15 is 0 Å². The van der Waals surface area contributed by atoms with Crippen molar-refractivity contribution in [3.63, 3.8) is 0 Å². The van der Waals surface area contributed by atoms with Crippen LogP contribution in [-0.4, -0.2) is 25.0 Å². The minimum atomic E-state index is -3.78.